The van der Waals surface area contributed by atoms with Crippen molar-refractivity contribution in [1.29, 1.82) is 0 Å². The summed E-state index contributed by atoms with van der Waals surface area (Å²) >= 11 is 8.81. The molecule has 0 unspecified atom stereocenters. The van der Waals surface area contributed by atoms with Crippen LogP contribution in [0.4, 0.5) is 0 Å². The number of thioether (sulfide) groups is 1. The molecular weight excluding hydrogens is 326 g/mol. The molecule has 3 rings (SSSR count). The van der Waals surface area contributed by atoms with Gasteiger partial charge >= 0.3 is 0 Å². The van der Waals surface area contributed by atoms with Gasteiger partial charge in [0.15, 0.2) is 0 Å². The number of thiophene rings is 1. The number of hydrogen-bond donors (Lipinski definition) is 1. The molecule has 0 aliphatic rings. The van der Waals surface area contributed by atoms with E-state index in [-0.39, 0.29) is 11.7 Å². The number of primary amides is 1. The van der Waals surface area contributed by atoms with Crippen LogP contribution in [0.3, 0.4) is 0 Å². The second kappa shape index (κ2) is 6.01. The van der Waals surface area contributed by atoms with Gasteiger partial charge in [0.1, 0.15) is 16.2 Å². The number of halogens is 1. The molecule has 1 amide bonds. The summed E-state index contributed by atoms with van der Waals surface area (Å²) in [7, 11) is 0. The first-order chi connectivity index (χ1) is 10.1. The highest BCUT2D eigenvalue weighted by Gasteiger charge is 2.14. The van der Waals surface area contributed by atoms with Crippen LogP contribution in [0.2, 0.25) is 5.02 Å². The fourth-order valence-corrected chi connectivity index (χ4v) is 3.80. The van der Waals surface area contributed by atoms with Crippen LogP contribution in [-0.2, 0) is 4.79 Å². The summed E-state index contributed by atoms with van der Waals surface area (Å²) in [6, 6.07) is 7.61. The standard InChI is InChI=1S/C14H10ClN3OS2/c15-9-3-1-8(2-4-9)10-5-20-13-12(10)14(18-7-17-13)21-6-11(16)19/h1-5,7H,6H2,(H2,16,19). The van der Waals surface area contributed by atoms with E-state index in [1.54, 1.807) is 11.3 Å². The van der Waals surface area contributed by atoms with Gasteiger partial charge < -0.3 is 5.73 Å². The van der Waals surface area contributed by atoms with Crippen LogP contribution in [0.15, 0.2) is 41.0 Å². The van der Waals surface area contributed by atoms with E-state index in [0.29, 0.717) is 5.02 Å². The smallest absolute Gasteiger partial charge is 0.227 e. The highest BCUT2D eigenvalue weighted by Crippen LogP contribution is 2.37. The number of hydrogen-bond acceptors (Lipinski definition) is 5. The molecule has 2 N–H and O–H groups in total. The minimum atomic E-state index is -0.366. The van der Waals surface area contributed by atoms with Crippen molar-refractivity contribution >= 4 is 50.8 Å². The van der Waals surface area contributed by atoms with Gasteiger partial charge in [0.25, 0.3) is 0 Å². The van der Waals surface area contributed by atoms with E-state index in [4.69, 9.17) is 17.3 Å². The Labute approximate surface area is 134 Å². The molecular formula is C14H10ClN3OS2. The van der Waals surface area contributed by atoms with Crippen molar-refractivity contribution in [3.05, 3.63) is 41.0 Å². The van der Waals surface area contributed by atoms with Gasteiger partial charge in [-0.2, -0.15) is 0 Å². The van der Waals surface area contributed by atoms with Gasteiger partial charge in [0.05, 0.1) is 11.1 Å². The number of amides is 1. The van der Waals surface area contributed by atoms with Crippen LogP contribution >= 0.6 is 34.7 Å². The van der Waals surface area contributed by atoms with E-state index >= 15 is 0 Å². The molecule has 0 atom stereocenters. The van der Waals surface area contributed by atoms with Crippen LogP contribution in [-0.4, -0.2) is 21.6 Å². The van der Waals surface area contributed by atoms with Gasteiger partial charge in [0, 0.05) is 16.0 Å². The summed E-state index contributed by atoms with van der Waals surface area (Å²) in [6.45, 7) is 0. The predicted octanol–water partition coefficient (Wildman–Crippen LogP) is 3.59. The van der Waals surface area contributed by atoms with E-state index < -0.39 is 0 Å². The van der Waals surface area contributed by atoms with Crippen molar-refractivity contribution in [2.24, 2.45) is 5.73 Å². The molecule has 0 aliphatic carbocycles. The maximum atomic E-state index is 11.0. The lowest BCUT2D eigenvalue weighted by Crippen LogP contribution is -2.13. The summed E-state index contributed by atoms with van der Waals surface area (Å²) in [5, 5.41) is 4.45. The summed E-state index contributed by atoms with van der Waals surface area (Å²) in [5.74, 6) is -0.169. The van der Waals surface area contributed by atoms with E-state index in [1.165, 1.54) is 18.1 Å². The van der Waals surface area contributed by atoms with E-state index in [2.05, 4.69) is 9.97 Å². The molecule has 2 aromatic heterocycles. The van der Waals surface area contributed by atoms with Gasteiger partial charge in [0.2, 0.25) is 5.91 Å². The third-order valence-corrected chi connectivity index (χ3v) is 4.99. The quantitative estimate of drug-likeness (QED) is 0.584. The van der Waals surface area contributed by atoms with E-state index in [1.807, 2.05) is 29.6 Å². The number of aromatic nitrogens is 2. The summed E-state index contributed by atoms with van der Waals surface area (Å²) in [6.07, 6.45) is 1.51. The largest absolute Gasteiger partial charge is 0.369 e. The van der Waals surface area contributed by atoms with Crippen molar-refractivity contribution < 1.29 is 4.79 Å². The first-order valence-corrected chi connectivity index (χ1v) is 8.28. The first-order valence-electron chi connectivity index (χ1n) is 6.04. The maximum absolute atomic E-state index is 11.0. The summed E-state index contributed by atoms with van der Waals surface area (Å²) in [5.41, 5.74) is 7.29. The second-order valence-electron chi connectivity index (χ2n) is 4.27. The van der Waals surface area contributed by atoms with Crippen molar-refractivity contribution in [2.75, 3.05) is 5.75 Å². The van der Waals surface area contributed by atoms with Gasteiger partial charge in [-0.05, 0) is 17.7 Å². The van der Waals surface area contributed by atoms with Crippen LogP contribution < -0.4 is 5.73 Å². The Balaban J connectivity index is 2.10. The molecule has 0 saturated heterocycles. The highest BCUT2D eigenvalue weighted by atomic mass is 35.5. The van der Waals surface area contributed by atoms with Crippen LogP contribution in [0.5, 0.6) is 0 Å². The van der Waals surface area contributed by atoms with Crippen LogP contribution in [0, 0.1) is 0 Å². The molecule has 21 heavy (non-hydrogen) atoms. The molecule has 1 aromatic carbocycles. The van der Waals surface area contributed by atoms with Crippen molar-refractivity contribution in [3.8, 4) is 11.1 Å². The lowest BCUT2D eigenvalue weighted by atomic mass is 10.1. The maximum Gasteiger partial charge on any atom is 0.227 e. The number of nitrogens with zero attached hydrogens (tertiary/aromatic N) is 2. The third-order valence-electron chi connectivity index (χ3n) is 2.84. The first kappa shape index (κ1) is 14.3. The van der Waals surface area contributed by atoms with Gasteiger partial charge in [-0.3, -0.25) is 4.79 Å². The molecule has 7 heteroatoms. The van der Waals surface area contributed by atoms with E-state index in [0.717, 1.165) is 26.4 Å². The topological polar surface area (TPSA) is 68.9 Å². The number of nitrogens with two attached hydrogens (primary N) is 1. The Hall–Kier alpha value is -1.63. The molecule has 3 aromatic rings. The Morgan fingerprint density at radius 1 is 1.29 bits per heavy atom. The molecule has 106 valence electrons. The highest BCUT2D eigenvalue weighted by molar-refractivity contribution is 8.00. The normalized spacial score (nSPS) is 10.9. The zero-order valence-corrected chi connectivity index (χ0v) is 13.1. The summed E-state index contributed by atoms with van der Waals surface area (Å²) < 4.78 is 0. The number of benzene rings is 1. The Morgan fingerprint density at radius 3 is 2.76 bits per heavy atom. The average molecular weight is 336 g/mol. The fourth-order valence-electron chi connectivity index (χ4n) is 1.94. The molecule has 0 fully saturated rings. The second-order valence-corrected chi connectivity index (χ2v) is 6.53. The third kappa shape index (κ3) is 3.02. The molecule has 4 nitrogen and oxygen atoms in total. The lowest BCUT2D eigenvalue weighted by molar-refractivity contribution is -0.115. The minimum Gasteiger partial charge on any atom is -0.369 e. The Bertz CT molecular complexity index is 802. The van der Waals surface area contributed by atoms with Gasteiger partial charge in [-0.1, -0.05) is 35.5 Å². The zero-order chi connectivity index (χ0) is 14.8. The Morgan fingerprint density at radius 2 is 2.05 bits per heavy atom. The number of carbonyl (C=O) groups is 1. The number of rotatable bonds is 4. The van der Waals surface area contributed by atoms with Crippen molar-refractivity contribution in [2.45, 2.75) is 5.03 Å². The molecule has 0 spiro atoms. The fraction of sp³-hybridized carbons (Fsp3) is 0.0714. The van der Waals surface area contributed by atoms with Crippen LogP contribution in [0.25, 0.3) is 21.3 Å². The Kier molecular flexibility index (Phi) is 4.10. The zero-order valence-electron chi connectivity index (χ0n) is 10.7. The van der Waals surface area contributed by atoms with E-state index in [9.17, 15) is 4.79 Å². The minimum absolute atomic E-state index is 0.196. The molecule has 0 radical (unpaired) electrons. The SMILES string of the molecule is NC(=O)CSc1ncnc2scc(-c3ccc(Cl)cc3)c12. The van der Waals surface area contributed by atoms with Crippen LogP contribution in [0.1, 0.15) is 0 Å². The molecule has 0 bridgehead atoms. The average Bonchev–Trinajstić information content (AvgIpc) is 2.90. The molecule has 2 heterocycles. The van der Waals surface area contributed by atoms with Crippen molar-refractivity contribution in [1.82, 2.24) is 9.97 Å². The van der Waals surface area contributed by atoms with Crippen molar-refractivity contribution in [3.63, 3.8) is 0 Å². The molecule has 0 saturated carbocycles. The predicted molar refractivity (Wildman–Crippen MR) is 87.8 cm³/mol. The lowest BCUT2D eigenvalue weighted by Gasteiger charge is -2.04. The number of fused-ring (bicyclic) bond motifs is 1. The molecule has 0 aliphatic heterocycles. The monoisotopic (exact) mass is 335 g/mol. The summed E-state index contributed by atoms with van der Waals surface area (Å²) in [4.78, 5) is 20.4. The van der Waals surface area contributed by atoms with Gasteiger partial charge in [-0.25, -0.2) is 9.97 Å². The number of carbonyl (C=O) groups excluding carboxylic acids is 1. The van der Waals surface area contributed by atoms with Gasteiger partial charge in [-0.15, -0.1) is 11.3 Å².